The molecule has 0 unspecified atom stereocenters. The van der Waals surface area contributed by atoms with Crippen LogP contribution in [0.5, 0.6) is 0 Å². The zero-order chi connectivity index (χ0) is 22.1. The fourth-order valence-corrected chi connectivity index (χ4v) is 4.16. The van der Waals surface area contributed by atoms with Gasteiger partial charge in [0.2, 0.25) is 11.9 Å². The molecule has 0 radical (unpaired) electrons. The number of piperidine rings is 1. The van der Waals surface area contributed by atoms with Gasteiger partial charge in [-0.25, -0.2) is 4.52 Å². The van der Waals surface area contributed by atoms with Crippen LogP contribution in [-0.4, -0.2) is 64.0 Å². The number of pyridine rings is 1. The molecule has 0 spiro atoms. The van der Waals surface area contributed by atoms with Gasteiger partial charge in [0.05, 0.1) is 18.3 Å². The van der Waals surface area contributed by atoms with Gasteiger partial charge in [-0.2, -0.15) is 4.98 Å². The van der Waals surface area contributed by atoms with Crippen molar-refractivity contribution in [3.63, 3.8) is 0 Å². The first-order chi connectivity index (χ1) is 15.6. The summed E-state index contributed by atoms with van der Waals surface area (Å²) in [5.41, 5.74) is 3.14. The van der Waals surface area contributed by atoms with Crippen LogP contribution in [-0.2, 0) is 9.53 Å². The molecule has 1 amide bonds. The molecule has 32 heavy (non-hydrogen) atoms. The lowest BCUT2D eigenvalue weighted by molar-refractivity contribution is -0.117. The maximum Gasteiger partial charge on any atom is 0.249 e. The number of fused-ring (bicyclic) bond motifs is 1. The van der Waals surface area contributed by atoms with E-state index in [-0.39, 0.29) is 17.6 Å². The second-order valence-corrected chi connectivity index (χ2v) is 8.59. The van der Waals surface area contributed by atoms with Gasteiger partial charge in [0, 0.05) is 37.2 Å². The molecule has 2 aliphatic rings. The fraction of sp³-hybridized carbons (Fsp3) is 0.417. The quantitative estimate of drug-likeness (QED) is 0.576. The zero-order valence-electron chi connectivity index (χ0n) is 18.2. The topological polar surface area (TPSA) is 88.8 Å². The Morgan fingerprint density at radius 1 is 1.06 bits per heavy atom. The number of ketones is 1. The minimum absolute atomic E-state index is 0.0169. The molecule has 166 valence electrons. The SMILES string of the molecule is COC1CCN(CC(=O)c2ccc(-c3cccc4nc(NC(=O)C5CC5)nn34)cc2)CC1. The number of hydrogen-bond acceptors (Lipinski definition) is 6. The van der Waals surface area contributed by atoms with E-state index in [1.807, 2.05) is 42.5 Å². The monoisotopic (exact) mass is 433 g/mol. The summed E-state index contributed by atoms with van der Waals surface area (Å²) in [6.07, 6.45) is 4.10. The lowest BCUT2D eigenvalue weighted by Gasteiger charge is -2.30. The number of likely N-dealkylation sites (tertiary alicyclic amines) is 1. The number of aromatic nitrogens is 3. The normalized spacial score (nSPS) is 17.5. The summed E-state index contributed by atoms with van der Waals surface area (Å²) >= 11 is 0. The average molecular weight is 434 g/mol. The molecule has 8 heteroatoms. The first-order valence-electron chi connectivity index (χ1n) is 11.2. The zero-order valence-corrected chi connectivity index (χ0v) is 18.2. The van der Waals surface area contributed by atoms with Crippen molar-refractivity contribution in [3.05, 3.63) is 48.0 Å². The van der Waals surface area contributed by atoms with Crippen molar-refractivity contribution in [1.29, 1.82) is 0 Å². The maximum absolute atomic E-state index is 12.7. The average Bonchev–Trinajstić information content (AvgIpc) is 3.59. The molecule has 8 nitrogen and oxygen atoms in total. The minimum Gasteiger partial charge on any atom is -0.381 e. The number of hydrogen-bond donors (Lipinski definition) is 1. The van der Waals surface area contributed by atoms with Crippen LogP contribution < -0.4 is 5.32 Å². The van der Waals surface area contributed by atoms with Gasteiger partial charge in [0.25, 0.3) is 0 Å². The van der Waals surface area contributed by atoms with Crippen molar-refractivity contribution in [3.8, 4) is 11.3 Å². The van der Waals surface area contributed by atoms with E-state index in [1.165, 1.54) is 0 Å². The number of Topliss-reactive ketones (excluding diaryl/α,β-unsaturated/α-hetero) is 1. The Hall–Kier alpha value is -3.10. The third kappa shape index (κ3) is 4.42. The van der Waals surface area contributed by atoms with E-state index in [0.717, 1.165) is 50.0 Å². The molecular weight excluding hydrogens is 406 g/mol. The van der Waals surface area contributed by atoms with Crippen LogP contribution in [0, 0.1) is 5.92 Å². The Kier molecular flexibility index (Phi) is 5.71. The van der Waals surface area contributed by atoms with Crippen molar-refractivity contribution in [2.75, 3.05) is 32.1 Å². The van der Waals surface area contributed by atoms with Gasteiger partial charge >= 0.3 is 0 Å². The maximum atomic E-state index is 12.7. The molecule has 2 aromatic heterocycles. The van der Waals surface area contributed by atoms with E-state index in [0.29, 0.717) is 29.8 Å². The number of nitrogens with one attached hydrogen (secondary N) is 1. The minimum atomic E-state index is -0.0169. The number of carbonyl (C=O) groups excluding carboxylic acids is 2. The molecule has 3 heterocycles. The number of carbonyl (C=O) groups is 2. The van der Waals surface area contributed by atoms with Gasteiger partial charge in [0.1, 0.15) is 0 Å². The standard InChI is InChI=1S/C24H27N5O3/c1-32-19-11-13-28(14-12-19)15-21(30)17-7-5-16(6-8-17)20-3-2-4-22-25-24(27-29(20)22)26-23(31)18-9-10-18/h2-8,18-19H,9-15H2,1H3,(H,26,27,31). The van der Waals surface area contributed by atoms with E-state index in [4.69, 9.17) is 4.74 Å². The van der Waals surface area contributed by atoms with Crippen molar-refractivity contribution in [1.82, 2.24) is 19.5 Å². The molecule has 2 fully saturated rings. The number of amides is 1. The highest BCUT2D eigenvalue weighted by molar-refractivity contribution is 5.98. The third-order valence-corrected chi connectivity index (χ3v) is 6.28. The van der Waals surface area contributed by atoms with Crippen LogP contribution in [0.15, 0.2) is 42.5 Å². The summed E-state index contributed by atoms with van der Waals surface area (Å²) in [7, 11) is 1.75. The van der Waals surface area contributed by atoms with Crippen molar-refractivity contribution in [2.45, 2.75) is 31.8 Å². The van der Waals surface area contributed by atoms with Crippen LogP contribution in [0.25, 0.3) is 16.9 Å². The van der Waals surface area contributed by atoms with Gasteiger partial charge in [-0.1, -0.05) is 30.3 Å². The molecule has 1 aliphatic carbocycles. The lowest BCUT2D eigenvalue weighted by Crippen LogP contribution is -2.39. The van der Waals surface area contributed by atoms with Gasteiger partial charge in [0.15, 0.2) is 11.4 Å². The Morgan fingerprint density at radius 3 is 2.50 bits per heavy atom. The summed E-state index contributed by atoms with van der Waals surface area (Å²) < 4.78 is 7.13. The van der Waals surface area contributed by atoms with Crippen LogP contribution in [0.1, 0.15) is 36.0 Å². The predicted molar refractivity (Wildman–Crippen MR) is 121 cm³/mol. The van der Waals surface area contributed by atoms with Gasteiger partial charge in [-0.3, -0.25) is 19.8 Å². The Labute approximate surface area is 186 Å². The number of ether oxygens (including phenoxy) is 1. The van der Waals surface area contributed by atoms with Gasteiger partial charge < -0.3 is 4.74 Å². The summed E-state index contributed by atoms with van der Waals surface area (Å²) in [5.74, 6) is 0.518. The molecule has 1 saturated carbocycles. The molecule has 5 rings (SSSR count). The number of rotatable bonds is 7. The Morgan fingerprint density at radius 2 is 1.81 bits per heavy atom. The Balaban J connectivity index is 1.29. The molecule has 1 aromatic carbocycles. The summed E-state index contributed by atoms with van der Waals surface area (Å²) in [5, 5.41) is 7.28. The van der Waals surface area contributed by atoms with Crippen LogP contribution in [0.3, 0.4) is 0 Å². The molecule has 1 saturated heterocycles. The highest BCUT2D eigenvalue weighted by atomic mass is 16.5. The molecule has 3 aromatic rings. The van der Waals surface area contributed by atoms with E-state index in [1.54, 1.807) is 11.6 Å². The van der Waals surface area contributed by atoms with Crippen LogP contribution >= 0.6 is 0 Å². The first-order valence-corrected chi connectivity index (χ1v) is 11.2. The molecule has 0 atom stereocenters. The van der Waals surface area contributed by atoms with Crippen molar-refractivity contribution < 1.29 is 14.3 Å². The second-order valence-electron chi connectivity index (χ2n) is 8.59. The smallest absolute Gasteiger partial charge is 0.249 e. The van der Waals surface area contributed by atoms with E-state index >= 15 is 0 Å². The first kappa shape index (κ1) is 20.8. The van der Waals surface area contributed by atoms with E-state index < -0.39 is 0 Å². The van der Waals surface area contributed by atoms with Gasteiger partial charge in [-0.15, -0.1) is 5.10 Å². The van der Waals surface area contributed by atoms with E-state index in [2.05, 4.69) is 20.3 Å². The Bertz CT molecular complexity index is 1130. The number of benzene rings is 1. The number of nitrogens with zero attached hydrogens (tertiary/aromatic N) is 4. The summed E-state index contributed by atoms with van der Waals surface area (Å²) in [4.78, 5) is 31.4. The highest BCUT2D eigenvalue weighted by Gasteiger charge is 2.30. The van der Waals surface area contributed by atoms with Crippen molar-refractivity contribution >= 4 is 23.3 Å². The molecular formula is C24H27N5O3. The number of methoxy groups -OCH3 is 1. The summed E-state index contributed by atoms with van der Waals surface area (Å²) in [6.45, 7) is 2.20. The van der Waals surface area contributed by atoms with Crippen LogP contribution in [0.2, 0.25) is 0 Å². The third-order valence-electron chi connectivity index (χ3n) is 6.28. The second kappa shape index (κ2) is 8.80. The summed E-state index contributed by atoms with van der Waals surface area (Å²) in [6, 6.07) is 13.3. The van der Waals surface area contributed by atoms with Gasteiger partial charge in [-0.05, 0) is 37.8 Å². The molecule has 1 N–H and O–H groups in total. The largest absolute Gasteiger partial charge is 0.381 e. The predicted octanol–water partition coefficient (Wildman–Crippen LogP) is 3.04. The molecule has 0 bridgehead atoms. The fourth-order valence-electron chi connectivity index (χ4n) is 4.16. The molecule has 1 aliphatic heterocycles. The van der Waals surface area contributed by atoms with Crippen LogP contribution in [0.4, 0.5) is 5.95 Å². The van der Waals surface area contributed by atoms with Crippen molar-refractivity contribution in [2.24, 2.45) is 5.92 Å². The lowest BCUT2D eigenvalue weighted by atomic mass is 10.0. The van der Waals surface area contributed by atoms with E-state index in [9.17, 15) is 9.59 Å². The highest BCUT2D eigenvalue weighted by Crippen LogP contribution is 2.30. The number of anilines is 1.